The van der Waals surface area contributed by atoms with Crippen molar-refractivity contribution in [3.05, 3.63) is 105 Å². The van der Waals surface area contributed by atoms with E-state index in [1.807, 2.05) is 0 Å². The Bertz CT molecular complexity index is 889. The number of aryl methyl sites for hydroxylation is 6. The molecule has 0 saturated carbocycles. The van der Waals surface area contributed by atoms with Gasteiger partial charge in [0.05, 0.1) is 0 Å². The van der Waals surface area contributed by atoms with Crippen LogP contribution in [-0.2, 0) is 19.3 Å². The summed E-state index contributed by atoms with van der Waals surface area (Å²) in [5.74, 6) is 0. The smallest absolute Gasteiger partial charge is 1.00 e. The molecular formula is C30H39ClSn. The van der Waals surface area contributed by atoms with Crippen molar-refractivity contribution >= 4 is 19.8 Å². The summed E-state index contributed by atoms with van der Waals surface area (Å²) in [5, 5.41) is 0. The molecule has 170 valence electrons. The normalized spacial score (nSPS) is 10.7. The first-order chi connectivity index (χ1) is 14.9. The zero-order chi connectivity index (χ0) is 22.4. The van der Waals surface area contributed by atoms with Crippen LogP contribution in [0.3, 0.4) is 0 Å². The van der Waals surface area contributed by atoms with Gasteiger partial charge in [-0.25, -0.2) is 0 Å². The van der Waals surface area contributed by atoms with Gasteiger partial charge in [-0.1, -0.05) is 0 Å². The number of hydrogen-bond acceptors (Lipinski definition) is 0. The molecule has 0 nitrogen and oxygen atoms in total. The fourth-order valence-corrected chi connectivity index (χ4v) is 12.0. The van der Waals surface area contributed by atoms with Crippen LogP contribution < -0.4 is 12.4 Å². The monoisotopic (exact) mass is 554 g/mol. The minimum absolute atomic E-state index is 0. The average molecular weight is 554 g/mol. The van der Waals surface area contributed by atoms with E-state index < -0.39 is 19.8 Å². The van der Waals surface area contributed by atoms with E-state index in [1.54, 1.807) is 16.7 Å². The van der Waals surface area contributed by atoms with Crippen LogP contribution in [0.15, 0.2) is 54.6 Å². The van der Waals surface area contributed by atoms with Crippen molar-refractivity contribution < 1.29 is 12.4 Å². The maximum absolute atomic E-state index is 2.36. The SMILES string of the molecule is Cc1cccc(C[CH2][Sn+]([CH2]Cc2cccc(C)c2C)[CH2]Cc2cccc(C)c2C)c1C.[Cl-]. The van der Waals surface area contributed by atoms with E-state index in [1.165, 1.54) is 66.0 Å². The van der Waals surface area contributed by atoms with Gasteiger partial charge in [0, 0.05) is 0 Å². The molecule has 0 N–H and O–H groups in total. The van der Waals surface area contributed by atoms with Crippen LogP contribution in [0.2, 0.25) is 13.3 Å². The van der Waals surface area contributed by atoms with Crippen molar-refractivity contribution in [2.24, 2.45) is 0 Å². The Morgan fingerprint density at radius 2 is 0.750 bits per heavy atom. The molecule has 0 aliphatic rings. The van der Waals surface area contributed by atoms with Crippen LogP contribution >= 0.6 is 0 Å². The van der Waals surface area contributed by atoms with Crippen LogP contribution in [0.25, 0.3) is 0 Å². The Kier molecular flexibility index (Phi) is 10.8. The molecular weight excluding hydrogens is 514 g/mol. The van der Waals surface area contributed by atoms with Crippen molar-refractivity contribution in [1.82, 2.24) is 0 Å². The van der Waals surface area contributed by atoms with Gasteiger partial charge in [-0.2, -0.15) is 0 Å². The molecule has 3 aromatic carbocycles. The molecule has 0 unspecified atom stereocenters. The molecule has 0 aromatic heterocycles. The van der Waals surface area contributed by atoms with Gasteiger partial charge in [0.1, 0.15) is 0 Å². The van der Waals surface area contributed by atoms with Gasteiger partial charge >= 0.3 is 199 Å². The molecule has 0 atom stereocenters. The maximum atomic E-state index is 2.36. The second kappa shape index (κ2) is 12.8. The summed E-state index contributed by atoms with van der Waals surface area (Å²) < 4.78 is 4.42. The number of benzene rings is 3. The minimum Gasteiger partial charge on any atom is -1.00 e. The molecule has 3 aromatic rings. The van der Waals surface area contributed by atoms with Gasteiger partial charge in [-0.3, -0.25) is 0 Å². The van der Waals surface area contributed by atoms with E-state index in [0.717, 1.165) is 0 Å². The fourth-order valence-electron chi connectivity index (χ4n) is 4.56. The summed E-state index contributed by atoms with van der Waals surface area (Å²) in [5.41, 5.74) is 13.6. The molecule has 3 rings (SSSR count). The minimum atomic E-state index is -1.52. The second-order valence-corrected chi connectivity index (χ2v) is 17.9. The van der Waals surface area contributed by atoms with Gasteiger partial charge in [0.15, 0.2) is 0 Å². The first kappa shape index (κ1) is 27.0. The topological polar surface area (TPSA) is 0 Å². The second-order valence-electron chi connectivity index (χ2n) is 9.33. The molecule has 32 heavy (non-hydrogen) atoms. The van der Waals surface area contributed by atoms with Crippen molar-refractivity contribution in [2.45, 2.75) is 74.1 Å². The van der Waals surface area contributed by atoms with Crippen LogP contribution in [0.5, 0.6) is 0 Å². The Labute approximate surface area is 210 Å². The molecule has 0 spiro atoms. The molecule has 0 aliphatic heterocycles. The van der Waals surface area contributed by atoms with Crippen molar-refractivity contribution in [2.75, 3.05) is 0 Å². The largest absolute Gasteiger partial charge is 1.00 e. The van der Waals surface area contributed by atoms with Gasteiger partial charge in [0.25, 0.3) is 0 Å². The molecule has 0 amide bonds. The zero-order valence-corrected chi connectivity index (χ0v) is 24.4. The van der Waals surface area contributed by atoms with E-state index in [-0.39, 0.29) is 12.4 Å². The predicted molar refractivity (Wildman–Crippen MR) is 139 cm³/mol. The summed E-state index contributed by atoms with van der Waals surface area (Å²) in [6.07, 6.45) is 3.84. The maximum Gasteiger partial charge on any atom is -1.00 e. The molecule has 0 saturated heterocycles. The summed E-state index contributed by atoms with van der Waals surface area (Å²) in [4.78, 5) is 0. The number of halogens is 1. The quantitative estimate of drug-likeness (QED) is 0.325. The third kappa shape index (κ3) is 7.12. The third-order valence-electron chi connectivity index (χ3n) is 7.39. The first-order valence-electron chi connectivity index (χ1n) is 11.9. The Hall–Kier alpha value is -1.25. The van der Waals surface area contributed by atoms with Crippen LogP contribution in [0.4, 0.5) is 0 Å². The molecule has 0 fully saturated rings. The standard InChI is InChI=1S/3C10H13.ClH.Sn/c3*1-4-10-7-5-6-8(2)9(10)3;;/h3*5-7H,1,4H2,2-3H3;1H;/q;;;;+1/p-1. The van der Waals surface area contributed by atoms with E-state index >= 15 is 0 Å². The molecule has 0 bridgehead atoms. The van der Waals surface area contributed by atoms with Crippen molar-refractivity contribution in [3.63, 3.8) is 0 Å². The summed E-state index contributed by atoms with van der Waals surface area (Å²) >= 11 is -1.52. The summed E-state index contributed by atoms with van der Waals surface area (Å²) in [7, 11) is 0. The molecule has 0 radical (unpaired) electrons. The van der Waals surface area contributed by atoms with Gasteiger partial charge in [0.2, 0.25) is 0 Å². The molecule has 2 heteroatoms. The third-order valence-corrected chi connectivity index (χ3v) is 15.6. The van der Waals surface area contributed by atoms with Gasteiger partial charge in [-0.05, 0) is 0 Å². The van der Waals surface area contributed by atoms with Gasteiger partial charge < -0.3 is 12.4 Å². The van der Waals surface area contributed by atoms with E-state index in [4.69, 9.17) is 0 Å². The van der Waals surface area contributed by atoms with Crippen LogP contribution in [0.1, 0.15) is 50.1 Å². The Morgan fingerprint density at radius 1 is 0.469 bits per heavy atom. The Balaban J connectivity index is 0.00000363. The molecule has 0 aliphatic carbocycles. The Morgan fingerprint density at radius 3 is 1.03 bits per heavy atom. The summed E-state index contributed by atoms with van der Waals surface area (Å²) in [6, 6.07) is 20.6. The molecule has 0 heterocycles. The zero-order valence-electron chi connectivity index (χ0n) is 20.8. The van der Waals surface area contributed by atoms with Crippen molar-refractivity contribution in [1.29, 1.82) is 0 Å². The predicted octanol–water partition coefficient (Wildman–Crippen LogP) is 5.06. The number of rotatable bonds is 9. The van der Waals surface area contributed by atoms with Crippen LogP contribution in [0, 0.1) is 41.5 Å². The van der Waals surface area contributed by atoms with E-state index in [0.29, 0.717) is 0 Å². The fraction of sp³-hybridized carbons (Fsp3) is 0.400. The van der Waals surface area contributed by atoms with Crippen molar-refractivity contribution in [3.8, 4) is 0 Å². The summed E-state index contributed by atoms with van der Waals surface area (Å²) in [6.45, 7) is 13.7. The van der Waals surface area contributed by atoms with Crippen LogP contribution in [-0.4, -0.2) is 19.8 Å². The van der Waals surface area contributed by atoms with E-state index in [9.17, 15) is 0 Å². The van der Waals surface area contributed by atoms with E-state index in [2.05, 4.69) is 96.1 Å². The van der Waals surface area contributed by atoms with Gasteiger partial charge in [-0.15, -0.1) is 0 Å². The first-order valence-corrected chi connectivity index (χ1v) is 17.9. The number of hydrogen-bond donors (Lipinski definition) is 0. The average Bonchev–Trinajstić information content (AvgIpc) is 2.75.